The molecule has 0 fully saturated rings. The van der Waals surface area contributed by atoms with Crippen molar-refractivity contribution in [2.24, 2.45) is 17.3 Å². The second-order valence-electron chi connectivity index (χ2n) is 11.6. The summed E-state index contributed by atoms with van der Waals surface area (Å²) >= 11 is 0. The molecule has 3 unspecified atom stereocenters. The number of hydrogen-bond acceptors (Lipinski definition) is 6. The van der Waals surface area contributed by atoms with Crippen molar-refractivity contribution in [3.05, 3.63) is 41.3 Å². The number of ketones is 1. The number of esters is 1. The lowest BCUT2D eigenvalue weighted by Gasteiger charge is -2.32. The number of rotatable bonds is 5. The monoisotopic (exact) mass is 511 g/mol. The highest BCUT2D eigenvalue weighted by molar-refractivity contribution is 5.88. The van der Waals surface area contributed by atoms with E-state index in [9.17, 15) is 14.7 Å². The molecule has 0 amide bonds. The van der Waals surface area contributed by atoms with Crippen LogP contribution < -0.4 is 0 Å². The predicted octanol–water partition coefficient (Wildman–Crippen LogP) is 7.29. The van der Waals surface area contributed by atoms with Crippen LogP contribution in [0.15, 0.2) is 34.3 Å². The Morgan fingerprint density at radius 2 is 2.00 bits per heavy atom. The van der Waals surface area contributed by atoms with E-state index in [1.54, 1.807) is 6.07 Å². The fourth-order valence-electron chi connectivity index (χ4n) is 5.58. The van der Waals surface area contributed by atoms with Gasteiger partial charge < -0.3 is 14.3 Å². The van der Waals surface area contributed by atoms with Crippen molar-refractivity contribution in [1.29, 1.82) is 0 Å². The van der Waals surface area contributed by atoms with E-state index in [2.05, 4.69) is 31.8 Å². The first-order valence-electron chi connectivity index (χ1n) is 14.0. The molecule has 6 heteroatoms. The maximum absolute atomic E-state index is 14.0. The zero-order chi connectivity index (χ0) is 27.0. The number of cyclic esters (lactones) is 1. The van der Waals surface area contributed by atoms with Gasteiger partial charge in [0, 0.05) is 11.3 Å². The Labute approximate surface area is 221 Å². The highest BCUT2D eigenvalue weighted by Gasteiger charge is 2.39. The molecule has 37 heavy (non-hydrogen) atoms. The number of allylic oxidation sites excluding steroid dienone is 1. The van der Waals surface area contributed by atoms with Crippen LogP contribution in [0.2, 0.25) is 0 Å². The first-order chi connectivity index (χ1) is 17.6. The largest absolute Gasteiger partial charge is 0.465 e. The van der Waals surface area contributed by atoms with Crippen molar-refractivity contribution in [2.75, 3.05) is 6.61 Å². The Morgan fingerprint density at radius 1 is 1.22 bits per heavy atom. The number of aliphatic hydroxyl groups is 1. The van der Waals surface area contributed by atoms with Crippen LogP contribution in [0.25, 0.3) is 11.1 Å². The second-order valence-corrected chi connectivity index (χ2v) is 11.6. The zero-order valence-corrected chi connectivity index (χ0v) is 23.3. The molecule has 1 N–H and O–H groups in total. The zero-order valence-electron chi connectivity index (χ0n) is 23.3. The van der Waals surface area contributed by atoms with Crippen molar-refractivity contribution in [2.45, 2.75) is 105 Å². The van der Waals surface area contributed by atoms with Crippen LogP contribution in [-0.4, -0.2) is 28.4 Å². The summed E-state index contributed by atoms with van der Waals surface area (Å²) < 4.78 is 11.3. The third kappa shape index (κ3) is 8.00. The van der Waals surface area contributed by atoms with Crippen LogP contribution in [0.3, 0.4) is 0 Å². The molecule has 1 aliphatic rings. The fraction of sp³-hybridized carbons (Fsp3) is 0.645. The molecule has 1 aromatic carbocycles. The summed E-state index contributed by atoms with van der Waals surface area (Å²) in [5, 5.41) is 9.40. The van der Waals surface area contributed by atoms with Gasteiger partial charge in [0.05, 0.1) is 12.5 Å². The smallest absolute Gasteiger partial charge is 0.313 e. The molecule has 0 saturated heterocycles. The molecule has 2 heterocycles. The van der Waals surface area contributed by atoms with E-state index in [4.69, 9.17) is 9.15 Å². The molecule has 0 saturated carbocycles. The molecule has 0 radical (unpaired) electrons. The summed E-state index contributed by atoms with van der Waals surface area (Å²) in [5.74, 6) is 0.0503. The number of aromatic nitrogens is 1. The fourth-order valence-corrected chi connectivity index (χ4v) is 5.58. The second kappa shape index (κ2) is 13.4. The van der Waals surface area contributed by atoms with E-state index in [0.29, 0.717) is 36.5 Å². The number of benzene rings is 1. The molecule has 0 spiro atoms. The number of fused-ring (bicyclic) bond motifs is 1. The van der Waals surface area contributed by atoms with Crippen molar-refractivity contribution in [3.63, 3.8) is 0 Å². The van der Waals surface area contributed by atoms with E-state index in [1.807, 2.05) is 26.0 Å². The molecule has 2 aromatic rings. The number of aliphatic hydroxyl groups excluding tert-OH is 1. The standard InChI is InChI=1S/C31H45NO5/c1-6-7-13-24-17-22(3)11-8-10-21(2)12-9-16-36-30(35)25(19-31(4,5)29(24)34)23-14-15-27-26(18-23)32-28(20-33)37-27/h12,14-15,18,22,24-25,33H,6-11,13,16-17,19-20H2,1-5H3. The number of nitrogens with zero attached hydrogens (tertiary/aromatic N) is 1. The van der Waals surface area contributed by atoms with Gasteiger partial charge in [0.15, 0.2) is 5.58 Å². The third-order valence-corrected chi connectivity index (χ3v) is 7.75. The molecule has 204 valence electrons. The van der Waals surface area contributed by atoms with Crippen LogP contribution in [0.4, 0.5) is 0 Å². The quantitative estimate of drug-likeness (QED) is 0.335. The minimum atomic E-state index is -0.690. The number of Topliss-reactive ketones (excluding diaryl/α,β-unsaturated/α-hetero) is 1. The van der Waals surface area contributed by atoms with Crippen LogP contribution in [-0.2, 0) is 20.9 Å². The van der Waals surface area contributed by atoms with Crippen LogP contribution >= 0.6 is 0 Å². The van der Waals surface area contributed by atoms with Gasteiger partial charge in [0.1, 0.15) is 17.9 Å². The minimum Gasteiger partial charge on any atom is -0.465 e. The minimum absolute atomic E-state index is 0.00343. The van der Waals surface area contributed by atoms with Crippen molar-refractivity contribution >= 4 is 22.9 Å². The van der Waals surface area contributed by atoms with Gasteiger partial charge in [0.25, 0.3) is 0 Å². The van der Waals surface area contributed by atoms with Crippen molar-refractivity contribution < 1.29 is 23.8 Å². The van der Waals surface area contributed by atoms with Gasteiger partial charge in [-0.05, 0) is 69.1 Å². The van der Waals surface area contributed by atoms with Gasteiger partial charge >= 0.3 is 5.97 Å². The molecule has 3 atom stereocenters. The first kappa shape index (κ1) is 29.1. The average Bonchev–Trinajstić information content (AvgIpc) is 3.29. The van der Waals surface area contributed by atoms with Gasteiger partial charge in [-0.25, -0.2) is 4.98 Å². The van der Waals surface area contributed by atoms with Gasteiger partial charge in [-0.15, -0.1) is 0 Å². The summed E-state index contributed by atoms with van der Waals surface area (Å²) in [6, 6.07) is 5.44. The van der Waals surface area contributed by atoms with Gasteiger partial charge in [-0.3, -0.25) is 9.59 Å². The number of carbonyl (C=O) groups is 2. The number of carbonyl (C=O) groups excluding carboxylic acids is 2. The lowest BCUT2D eigenvalue weighted by atomic mass is 9.70. The lowest BCUT2D eigenvalue weighted by Crippen LogP contribution is -2.35. The normalized spacial score (nSPS) is 24.6. The molecule has 1 aliphatic heterocycles. The maximum atomic E-state index is 14.0. The van der Waals surface area contributed by atoms with Crippen molar-refractivity contribution in [3.8, 4) is 0 Å². The van der Waals surface area contributed by atoms with E-state index in [1.165, 1.54) is 5.57 Å². The Kier molecular flexibility index (Phi) is 10.5. The van der Waals surface area contributed by atoms with Gasteiger partial charge in [0.2, 0.25) is 5.89 Å². The summed E-state index contributed by atoms with van der Waals surface area (Å²) in [6.45, 7) is 10.6. The van der Waals surface area contributed by atoms with Gasteiger partial charge in [-0.1, -0.05) is 64.7 Å². The predicted molar refractivity (Wildman–Crippen MR) is 146 cm³/mol. The van der Waals surface area contributed by atoms with E-state index in [-0.39, 0.29) is 30.2 Å². The number of hydrogen-bond donors (Lipinski definition) is 1. The van der Waals surface area contributed by atoms with E-state index < -0.39 is 11.3 Å². The summed E-state index contributed by atoms with van der Waals surface area (Å²) in [6.07, 6.45) is 10.4. The van der Waals surface area contributed by atoms with Crippen LogP contribution in [0.1, 0.15) is 110 Å². The Morgan fingerprint density at radius 3 is 2.73 bits per heavy atom. The Hall–Kier alpha value is -2.47. The highest BCUT2D eigenvalue weighted by Crippen LogP contribution is 2.39. The molecular formula is C31H45NO5. The number of ether oxygens (including phenoxy) is 1. The SMILES string of the molecule is CCCCC1CC(C)CCCC(C)=CCCOC(=O)C(c2ccc3oc(CO)nc3c2)CC(C)(C)C1=O. The topological polar surface area (TPSA) is 89.6 Å². The first-order valence-corrected chi connectivity index (χ1v) is 14.0. The molecule has 0 bridgehead atoms. The molecule has 0 aliphatic carbocycles. The average molecular weight is 512 g/mol. The third-order valence-electron chi connectivity index (χ3n) is 7.75. The molecule has 1 aromatic heterocycles. The van der Waals surface area contributed by atoms with Crippen LogP contribution in [0, 0.1) is 17.3 Å². The van der Waals surface area contributed by atoms with E-state index >= 15 is 0 Å². The Bertz CT molecular complexity index is 1080. The Balaban J connectivity index is 1.96. The van der Waals surface area contributed by atoms with Gasteiger partial charge in [-0.2, -0.15) is 0 Å². The van der Waals surface area contributed by atoms with E-state index in [0.717, 1.165) is 50.5 Å². The molecule has 3 rings (SSSR count). The summed E-state index contributed by atoms with van der Waals surface area (Å²) in [5.41, 5.74) is 2.52. The molecule has 6 nitrogen and oxygen atoms in total. The summed E-state index contributed by atoms with van der Waals surface area (Å²) in [7, 11) is 0. The molecular weight excluding hydrogens is 466 g/mol. The van der Waals surface area contributed by atoms with Crippen LogP contribution in [0.5, 0.6) is 0 Å². The maximum Gasteiger partial charge on any atom is 0.313 e. The summed E-state index contributed by atoms with van der Waals surface area (Å²) in [4.78, 5) is 31.8. The number of oxazole rings is 1. The lowest BCUT2D eigenvalue weighted by molar-refractivity contribution is -0.147. The number of unbranched alkanes of at least 4 members (excludes halogenated alkanes) is 1. The highest BCUT2D eigenvalue weighted by atomic mass is 16.5. The van der Waals surface area contributed by atoms with Crippen molar-refractivity contribution in [1.82, 2.24) is 4.98 Å².